The molecule has 0 radical (unpaired) electrons. The molecule has 0 bridgehead atoms. The van der Waals surface area contributed by atoms with Crippen LogP contribution in [-0.4, -0.2) is 55.8 Å². The molecule has 1 atom stereocenters. The van der Waals surface area contributed by atoms with E-state index in [9.17, 15) is 22.8 Å². The quantitative estimate of drug-likeness (QED) is 0.310. The number of benzene rings is 3. The molecule has 1 N–H and O–H groups in total. The van der Waals surface area contributed by atoms with E-state index >= 15 is 0 Å². The fourth-order valence-electron chi connectivity index (χ4n) is 5.39. The van der Waals surface area contributed by atoms with Crippen molar-refractivity contribution in [3.63, 3.8) is 0 Å². The van der Waals surface area contributed by atoms with Gasteiger partial charge in [0.05, 0.1) is 11.9 Å². The highest BCUT2D eigenvalue weighted by atomic mass is 32.2. The first-order chi connectivity index (χ1) is 20.0. The summed E-state index contributed by atoms with van der Waals surface area (Å²) in [5.74, 6) is -0.985. The van der Waals surface area contributed by atoms with E-state index in [1.165, 1.54) is 17.9 Å². The third-order valence-electron chi connectivity index (χ3n) is 7.79. The number of hydrogen-bond donors (Lipinski definition) is 1. The molecule has 1 saturated carbocycles. The monoisotopic (exact) mass is 589 g/mol. The average Bonchev–Trinajstić information content (AvgIpc) is 3.47. The normalized spacial score (nSPS) is 14.3. The van der Waals surface area contributed by atoms with E-state index in [-0.39, 0.29) is 36.4 Å². The number of rotatable bonds is 12. The van der Waals surface area contributed by atoms with Crippen molar-refractivity contribution < 1.29 is 22.8 Å². The number of ketones is 1. The Morgan fingerprint density at radius 3 is 2.24 bits per heavy atom. The summed E-state index contributed by atoms with van der Waals surface area (Å²) in [5.41, 5.74) is 3.26. The molecule has 3 aromatic rings. The molecule has 8 nitrogen and oxygen atoms in total. The molecule has 0 saturated heterocycles. The Morgan fingerprint density at radius 2 is 1.60 bits per heavy atom. The summed E-state index contributed by atoms with van der Waals surface area (Å²) >= 11 is 0. The molecule has 1 aliphatic carbocycles. The minimum Gasteiger partial charge on any atom is -0.352 e. The number of aryl methyl sites for hydroxylation is 1. The summed E-state index contributed by atoms with van der Waals surface area (Å²) in [6, 6.07) is 22.6. The molecule has 1 fully saturated rings. The van der Waals surface area contributed by atoms with E-state index < -0.39 is 28.5 Å². The Balaban J connectivity index is 1.74. The topological polar surface area (TPSA) is 104 Å². The fraction of sp³-hybridized carbons (Fsp3) is 0.364. The van der Waals surface area contributed by atoms with Crippen molar-refractivity contribution in [2.75, 3.05) is 17.1 Å². The van der Waals surface area contributed by atoms with E-state index in [0.717, 1.165) is 52.9 Å². The van der Waals surface area contributed by atoms with E-state index in [1.54, 1.807) is 18.2 Å². The second kappa shape index (κ2) is 13.8. The molecule has 0 heterocycles. The molecule has 9 heteroatoms. The molecule has 1 aliphatic rings. The lowest BCUT2D eigenvalue weighted by Crippen LogP contribution is -2.54. The largest absolute Gasteiger partial charge is 0.352 e. The second-order valence-electron chi connectivity index (χ2n) is 11.0. The maximum absolute atomic E-state index is 14.3. The van der Waals surface area contributed by atoms with Crippen LogP contribution in [0.3, 0.4) is 0 Å². The molecule has 0 spiro atoms. The van der Waals surface area contributed by atoms with E-state index in [4.69, 9.17) is 0 Å². The lowest BCUT2D eigenvalue weighted by atomic mass is 10.0. The van der Waals surface area contributed by atoms with Gasteiger partial charge in [-0.05, 0) is 55.5 Å². The lowest BCUT2D eigenvalue weighted by molar-refractivity contribution is -0.140. The van der Waals surface area contributed by atoms with Crippen LogP contribution in [-0.2, 0) is 32.6 Å². The highest BCUT2D eigenvalue weighted by Gasteiger charge is 2.34. The fourth-order valence-corrected chi connectivity index (χ4v) is 6.23. The van der Waals surface area contributed by atoms with Crippen molar-refractivity contribution >= 4 is 33.3 Å². The number of nitrogens with one attached hydrogen (secondary N) is 1. The minimum absolute atomic E-state index is 0.0491. The minimum atomic E-state index is -3.92. The van der Waals surface area contributed by atoms with Gasteiger partial charge >= 0.3 is 0 Å². The average molecular weight is 590 g/mol. The predicted molar refractivity (Wildman–Crippen MR) is 165 cm³/mol. The molecule has 0 aromatic heterocycles. The van der Waals surface area contributed by atoms with Gasteiger partial charge in [-0.2, -0.15) is 0 Å². The molecular formula is C33H39N3O5S. The van der Waals surface area contributed by atoms with Crippen LogP contribution in [0, 0.1) is 6.92 Å². The zero-order valence-electron chi connectivity index (χ0n) is 24.5. The Morgan fingerprint density at radius 1 is 0.929 bits per heavy atom. The first-order valence-corrected chi connectivity index (χ1v) is 16.1. The van der Waals surface area contributed by atoms with Crippen LogP contribution >= 0.6 is 0 Å². The SMILES string of the molecule is CC(=O)c1cccc(N(CC(=O)N(Cc2ccccc2C)[C@@H](Cc2ccccc2)C(=O)NC2CCCC2)S(C)(=O)=O)c1. The van der Waals surface area contributed by atoms with Crippen LogP contribution in [0.2, 0.25) is 0 Å². The van der Waals surface area contributed by atoms with Crippen LogP contribution < -0.4 is 9.62 Å². The molecule has 4 rings (SSSR count). The Kier molecular flexibility index (Phi) is 10.2. The second-order valence-corrected chi connectivity index (χ2v) is 12.9. The number of carbonyl (C=O) groups excluding carboxylic acids is 3. The van der Waals surface area contributed by atoms with E-state index in [2.05, 4.69) is 5.32 Å². The van der Waals surface area contributed by atoms with Crippen LogP contribution in [0.1, 0.15) is 59.7 Å². The van der Waals surface area contributed by atoms with Crippen molar-refractivity contribution in [3.05, 3.63) is 101 Å². The number of hydrogen-bond acceptors (Lipinski definition) is 5. The van der Waals surface area contributed by atoms with Gasteiger partial charge in [0.25, 0.3) is 0 Å². The number of Topliss-reactive ketones (excluding diaryl/α,β-unsaturated/α-hetero) is 1. The van der Waals surface area contributed by atoms with Gasteiger partial charge < -0.3 is 10.2 Å². The number of sulfonamides is 1. The van der Waals surface area contributed by atoms with Crippen molar-refractivity contribution in [3.8, 4) is 0 Å². The Hall–Kier alpha value is -3.98. The molecule has 0 aliphatic heterocycles. The van der Waals surface area contributed by atoms with Crippen LogP contribution in [0.15, 0.2) is 78.9 Å². The molecule has 42 heavy (non-hydrogen) atoms. The Bertz CT molecular complexity index is 1520. The standard InChI is InChI=1S/C33H39N3O5S/c1-24-12-7-8-15-28(24)22-35(31(20-26-13-5-4-6-14-26)33(39)34-29-17-9-10-18-29)32(38)23-36(42(3,40)41)30-19-11-16-27(21-30)25(2)37/h4-8,11-16,19,21,29,31H,9-10,17-18,20,22-23H2,1-3H3,(H,34,39)/t31-/m0/s1. The third kappa shape index (κ3) is 8.06. The van der Waals surface area contributed by atoms with Gasteiger partial charge in [0, 0.05) is 24.6 Å². The number of nitrogens with zero attached hydrogens (tertiary/aromatic N) is 2. The van der Waals surface area contributed by atoms with Crippen molar-refractivity contribution in [2.24, 2.45) is 0 Å². The molecule has 222 valence electrons. The number of anilines is 1. The molecular weight excluding hydrogens is 550 g/mol. The van der Waals surface area contributed by atoms with Gasteiger partial charge in [-0.15, -0.1) is 0 Å². The summed E-state index contributed by atoms with van der Waals surface area (Å²) in [6.07, 6.45) is 5.18. The van der Waals surface area contributed by atoms with Crippen LogP contribution in [0.5, 0.6) is 0 Å². The zero-order valence-corrected chi connectivity index (χ0v) is 25.3. The molecule has 2 amide bonds. The van der Waals surface area contributed by atoms with Gasteiger partial charge in [0.1, 0.15) is 12.6 Å². The van der Waals surface area contributed by atoms with Crippen LogP contribution in [0.25, 0.3) is 0 Å². The third-order valence-corrected chi connectivity index (χ3v) is 8.94. The van der Waals surface area contributed by atoms with E-state index in [1.807, 2.05) is 61.5 Å². The first kappa shape index (κ1) is 31.0. The maximum atomic E-state index is 14.3. The molecule has 0 unspecified atom stereocenters. The van der Waals surface area contributed by atoms with Crippen molar-refractivity contribution in [1.82, 2.24) is 10.2 Å². The number of amides is 2. The number of carbonyl (C=O) groups is 3. The summed E-state index contributed by atoms with van der Waals surface area (Å²) in [6.45, 7) is 2.95. The van der Waals surface area contributed by atoms with Gasteiger partial charge in [-0.25, -0.2) is 8.42 Å². The van der Waals surface area contributed by atoms with Crippen molar-refractivity contribution in [2.45, 2.75) is 64.6 Å². The maximum Gasteiger partial charge on any atom is 0.244 e. The lowest BCUT2D eigenvalue weighted by Gasteiger charge is -2.34. The molecule has 3 aromatic carbocycles. The predicted octanol–water partition coefficient (Wildman–Crippen LogP) is 4.66. The summed E-state index contributed by atoms with van der Waals surface area (Å²) in [4.78, 5) is 41.7. The van der Waals surface area contributed by atoms with Gasteiger partial charge in [-0.3, -0.25) is 18.7 Å². The first-order valence-electron chi connectivity index (χ1n) is 14.3. The highest BCUT2D eigenvalue weighted by Crippen LogP contribution is 2.23. The summed E-state index contributed by atoms with van der Waals surface area (Å²) in [7, 11) is -3.92. The summed E-state index contributed by atoms with van der Waals surface area (Å²) < 4.78 is 27.0. The zero-order chi connectivity index (χ0) is 30.3. The van der Waals surface area contributed by atoms with Crippen LogP contribution in [0.4, 0.5) is 5.69 Å². The van der Waals surface area contributed by atoms with E-state index in [0.29, 0.717) is 5.56 Å². The van der Waals surface area contributed by atoms with Gasteiger partial charge in [0.15, 0.2) is 5.78 Å². The highest BCUT2D eigenvalue weighted by molar-refractivity contribution is 7.92. The Labute approximate surface area is 248 Å². The van der Waals surface area contributed by atoms with Gasteiger partial charge in [0.2, 0.25) is 21.8 Å². The smallest absolute Gasteiger partial charge is 0.244 e. The van der Waals surface area contributed by atoms with Crippen molar-refractivity contribution in [1.29, 1.82) is 0 Å². The van der Waals surface area contributed by atoms with Gasteiger partial charge in [-0.1, -0.05) is 79.6 Å². The summed E-state index contributed by atoms with van der Waals surface area (Å²) in [5, 5.41) is 3.17.